The van der Waals surface area contributed by atoms with E-state index in [1.807, 2.05) is 0 Å². The third-order valence-corrected chi connectivity index (χ3v) is 6.50. The van der Waals surface area contributed by atoms with Crippen molar-refractivity contribution < 1.29 is 23.9 Å². The van der Waals surface area contributed by atoms with E-state index in [-0.39, 0.29) is 30.6 Å². The summed E-state index contributed by atoms with van der Waals surface area (Å²) in [7, 11) is 1.56. The van der Waals surface area contributed by atoms with E-state index in [1.165, 1.54) is 4.90 Å². The number of methoxy groups -OCH3 is 1. The molecular formula is C22H27N3O5. The van der Waals surface area contributed by atoms with Crippen molar-refractivity contribution in [3.8, 4) is 5.75 Å². The number of amides is 4. The first-order valence-corrected chi connectivity index (χ1v) is 10.6. The van der Waals surface area contributed by atoms with Crippen molar-refractivity contribution in [1.82, 2.24) is 15.1 Å². The van der Waals surface area contributed by atoms with Crippen LogP contribution in [0.2, 0.25) is 0 Å². The molecule has 2 aliphatic heterocycles. The second-order valence-corrected chi connectivity index (χ2v) is 8.26. The summed E-state index contributed by atoms with van der Waals surface area (Å²) in [6, 6.07) is 5.94. The molecule has 30 heavy (non-hydrogen) atoms. The molecule has 160 valence electrons. The van der Waals surface area contributed by atoms with Gasteiger partial charge in [-0.3, -0.25) is 19.3 Å². The number of urea groups is 1. The predicted molar refractivity (Wildman–Crippen MR) is 108 cm³/mol. The molecule has 3 fully saturated rings. The summed E-state index contributed by atoms with van der Waals surface area (Å²) in [6.07, 6.45) is 4.55. The fourth-order valence-corrected chi connectivity index (χ4v) is 4.83. The molecular weight excluding hydrogens is 386 g/mol. The molecule has 1 aromatic rings. The van der Waals surface area contributed by atoms with Crippen molar-refractivity contribution in [2.24, 2.45) is 0 Å². The molecule has 1 spiro atoms. The van der Waals surface area contributed by atoms with Crippen molar-refractivity contribution in [1.29, 1.82) is 0 Å². The third-order valence-electron chi connectivity index (χ3n) is 6.50. The highest BCUT2D eigenvalue weighted by Gasteiger charge is 2.52. The lowest BCUT2D eigenvalue weighted by Crippen LogP contribution is -2.45. The minimum atomic E-state index is -0.763. The number of hydrogen-bond acceptors (Lipinski definition) is 5. The van der Waals surface area contributed by atoms with Crippen molar-refractivity contribution >= 4 is 23.6 Å². The summed E-state index contributed by atoms with van der Waals surface area (Å²) in [4.78, 5) is 53.6. The van der Waals surface area contributed by atoms with Gasteiger partial charge in [0.25, 0.3) is 5.91 Å². The van der Waals surface area contributed by atoms with Gasteiger partial charge in [-0.05, 0) is 49.9 Å². The number of likely N-dealkylation sites (tertiary alicyclic amines) is 1. The molecule has 1 aliphatic carbocycles. The molecule has 8 nitrogen and oxygen atoms in total. The van der Waals surface area contributed by atoms with E-state index < -0.39 is 17.6 Å². The maximum Gasteiger partial charge on any atom is 0.325 e. The zero-order chi connectivity index (χ0) is 21.3. The number of carbonyl (C=O) groups excluding carboxylic acids is 4. The van der Waals surface area contributed by atoms with E-state index in [0.29, 0.717) is 37.1 Å². The number of nitrogens with one attached hydrogen (secondary N) is 1. The van der Waals surface area contributed by atoms with Crippen LogP contribution >= 0.6 is 0 Å². The zero-order valence-corrected chi connectivity index (χ0v) is 17.2. The maximum atomic E-state index is 12.9. The monoisotopic (exact) mass is 413 g/mol. The topological polar surface area (TPSA) is 96.0 Å². The van der Waals surface area contributed by atoms with E-state index in [0.717, 1.165) is 19.3 Å². The van der Waals surface area contributed by atoms with E-state index >= 15 is 0 Å². The third kappa shape index (κ3) is 3.55. The lowest BCUT2D eigenvalue weighted by atomic mass is 9.98. The lowest BCUT2D eigenvalue weighted by molar-refractivity contribution is -0.133. The Bertz CT molecular complexity index is 860. The summed E-state index contributed by atoms with van der Waals surface area (Å²) >= 11 is 0. The van der Waals surface area contributed by atoms with Gasteiger partial charge in [0.2, 0.25) is 5.91 Å². The van der Waals surface area contributed by atoms with Gasteiger partial charge in [0.1, 0.15) is 11.3 Å². The molecule has 2 saturated heterocycles. The fourth-order valence-electron chi connectivity index (χ4n) is 4.83. The number of nitrogens with zero attached hydrogens (tertiary/aromatic N) is 2. The van der Waals surface area contributed by atoms with Gasteiger partial charge in [0.05, 0.1) is 13.2 Å². The fraction of sp³-hybridized carbons (Fsp3) is 0.545. The molecule has 3 aliphatic rings. The number of ether oxygens (including phenoxy) is 1. The zero-order valence-electron chi connectivity index (χ0n) is 17.2. The average Bonchev–Trinajstić information content (AvgIpc) is 3.47. The van der Waals surface area contributed by atoms with Crippen LogP contribution in [0.3, 0.4) is 0 Å². The Morgan fingerprint density at radius 1 is 1.13 bits per heavy atom. The number of imide groups is 1. The summed E-state index contributed by atoms with van der Waals surface area (Å²) in [5.74, 6) is 0.153. The molecule has 1 aromatic carbocycles. The normalized spacial score (nSPS) is 22.6. The largest absolute Gasteiger partial charge is 0.497 e. The second kappa shape index (κ2) is 8.08. The molecule has 0 radical (unpaired) electrons. The quantitative estimate of drug-likeness (QED) is 0.569. The summed E-state index contributed by atoms with van der Waals surface area (Å²) in [5.41, 5.74) is -0.224. The summed E-state index contributed by atoms with van der Waals surface area (Å²) in [5, 5.41) is 2.83. The van der Waals surface area contributed by atoms with Gasteiger partial charge in [-0.15, -0.1) is 0 Å². The van der Waals surface area contributed by atoms with Crippen LogP contribution in [0.15, 0.2) is 24.3 Å². The first-order chi connectivity index (χ1) is 14.4. The number of benzene rings is 1. The van der Waals surface area contributed by atoms with Crippen LogP contribution in [0.4, 0.5) is 4.79 Å². The molecule has 4 rings (SSSR count). The SMILES string of the molecule is COc1ccc(C(=O)C2CCCN2C(=O)CCN2C(=O)NC3(CCCC3)C2=O)cc1. The van der Waals surface area contributed by atoms with Crippen LogP contribution in [-0.4, -0.2) is 65.2 Å². The smallest absolute Gasteiger partial charge is 0.325 e. The van der Waals surface area contributed by atoms with Crippen LogP contribution < -0.4 is 10.1 Å². The van der Waals surface area contributed by atoms with Crippen molar-refractivity contribution in [2.75, 3.05) is 20.2 Å². The Kier molecular flexibility index (Phi) is 5.49. The number of hydrogen-bond donors (Lipinski definition) is 1. The first-order valence-electron chi connectivity index (χ1n) is 10.6. The number of rotatable bonds is 6. The highest BCUT2D eigenvalue weighted by molar-refractivity contribution is 6.07. The van der Waals surface area contributed by atoms with Crippen molar-refractivity contribution in [3.63, 3.8) is 0 Å². The minimum Gasteiger partial charge on any atom is -0.497 e. The maximum absolute atomic E-state index is 12.9. The molecule has 0 bridgehead atoms. The number of ketones is 1. The Labute approximate surface area is 175 Å². The van der Waals surface area contributed by atoms with E-state index in [2.05, 4.69) is 5.32 Å². The van der Waals surface area contributed by atoms with Crippen LogP contribution in [0.5, 0.6) is 5.75 Å². The van der Waals surface area contributed by atoms with Gasteiger partial charge < -0.3 is 15.0 Å². The molecule has 1 unspecified atom stereocenters. The molecule has 4 amide bonds. The molecule has 1 atom stereocenters. The Balaban J connectivity index is 1.38. The number of Topliss-reactive ketones (excluding diaryl/α,β-unsaturated/α-hetero) is 1. The standard InChI is InChI=1S/C22H27N3O5/c1-30-16-8-6-15(7-9-16)19(27)17-5-4-13-24(17)18(26)10-14-25-20(28)22(23-21(25)29)11-2-3-12-22/h6-9,17H,2-5,10-14H2,1H3,(H,23,29). The Morgan fingerprint density at radius 2 is 1.83 bits per heavy atom. The lowest BCUT2D eigenvalue weighted by Gasteiger charge is -2.25. The summed E-state index contributed by atoms with van der Waals surface area (Å²) < 4.78 is 5.13. The summed E-state index contributed by atoms with van der Waals surface area (Å²) in [6.45, 7) is 0.556. The van der Waals surface area contributed by atoms with Gasteiger partial charge in [0, 0.05) is 25.1 Å². The Hall–Kier alpha value is -2.90. The minimum absolute atomic E-state index is 0.0294. The van der Waals surface area contributed by atoms with Crippen LogP contribution in [0.25, 0.3) is 0 Å². The highest BCUT2D eigenvalue weighted by Crippen LogP contribution is 2.35. The van der Waals surface area contributed by atoms with Gasteiger partial charge in [-0.25, -0.2) is 4.79 Å². The average molecular weight is 413 g/mol. The highest BCUT2D eigenvalue weighted by atomic mass is 16.5. The van der Waals surface area contributed by atoms with Gasteiger partial charge >= 0.3 is 6.03 Å². The Morgan fingerprint density at radius 3 is 2.50 bits per heavy atom. The van der Waals surface area contributed by atoms with E-state index in [9.17, 15) is 19.2 Å². The van der Waals surface area contributed by atoms with Gasteiger partial charge in [-0.1, -0.05) is 12.8 Å². The van der Waals surface area contributed by atoms with Gasteiger partial charge in [-0.2, -0.15) is 0 Å². The number of carbonyl (C=O) groups is 4. The molecule has 2 heterocycles. The van der Waals surface area contributed by atoms with Crippen molar-refractivity contribution in [3.05, 3.63) is 29.8 Å². The second-order valence-electron chi connectivity index (χ2n) is 8.26. The molecule has 8 heteroatoms. The van der Waals surface area contributed by atoms with E-state index in [1.54, 1.807) is 36.3 Å². The van der Waals surface area contributed by atoms with E-state index in [4.69, 9.17) is 4.74 Å². The van der Waals surface area contributed by atoms with Gasteiger partial charge in [0.15, 0.2) is 5.78 Å². The first kappa shape index (κ1) is 20.4. The van der Waals surface area contributed by atoms with Crippen LogP contribution in [-0.2, 0) is 9.59 Å². The predicted octanol–water partition coefficient (Wildman–Crippen LogP) is 2.12. The molecule has 0 aromatic heterocycles. The van der Waals surface area contributed by atoms with Crippen LogP contribution in [0.1, 0.15) is 55.3 Å². The van der Waals surface area contributed by atoms with Crippen LogP contribution in [0, 0.1) is 0 Å². The molecule has 1 saturated carbocycles. The van der Waals surface area contributed by atoms with Crippen molar-refractivity contribution in [2.45, 2.75) is 56.5 Å². The molecule has 1 N–H and O–H groups in total.